The maximum atomic E-state index is 11.1. The molecule has 0 aromatic heterocycles. The number of carbonyl (C=O) groups excluding carboxylic acids is 2. The van der Waals surface area contributed by atoms with Crippen molar-refractivity contribution in [2.75, 3.05) is 19.8 Å². The lowest BCUT2D eigenvalue weighted by Crippen LogP contribution is -2.32. The van der Waals surface area contributed by atoms with Crippen molar-refractivity contribution in [3.8, 4) is 0 Å². The summed E-state index contributed by atoms with van der Waals surface area (Å²) < 4.78 is 0. The standard InChI is InChI=1S/C9H12N2O2/c1-3-8(12)10-5-6-11(7-10)9(13)4-2/h3-4H,1-2,5-7H2. The lowest BCUT2D eigenvalue weighted by molar-refractivity contribution is -0.128. The molecule has 1 rings (SSSR count). The Balaban J connectivity index is 2.53. The van der Waals surface area contributed by atoms with E-state index in [2.05, 4.69) is 13.2 Å². The summed E-state index contributed by atoms with van der Waals surface area (Å²) >= 11 is 0. The lowest BCUT2D eigenvalue weighted by Gasteiger charge is -2.15. The van der Waals surface area contributed by atoms with Crippen LogP contribution < -0.4 is 0 Å². The molecule has 4 nitrogen and oxygen atoms in total. The number of amides is 2. The number of hydrogen-bond donors (Lipinski definition) is 0. The summed E-state index contributed by atoms with van der Waals surface area (Å²) in [7, 11) is 0. The van der Waals surface area contributed by atoms with E-state index in [1.807, 2.05) is 0 Å². The predicted molar refractivity (Wildman–Crippen MR) is 48.7 cm³/mol. The minimum absolute atomic E-state index is 0.139. The van der Waals surface area contributed by atoms with Gasteiger partial charge in [0.2, 0.25) is 11.8 Å². The molecule has 1 aliphatic heterocycles. The largest absolute Gasteiger partial charge is 0.320 e. The van der Waals surface area contributed by atoms with E-state index < -0.39 is 0 Å². The van der Waals surface area contributed by atoms with Crippen LogP contribution in [0.2, 0.25) is 0 Å². The molecule has 0 aromatic carbocycles. The zero-order valence-corrected chi connectivity index (χ0v) is 7.40. The average Bonchev–Trinajstić information content (AvgIpc) is 2.64. The second-order valence-electron chi connectivity index (χ2n) is 2.75. The molecule has 0 spiro atoms. The Kier molecular flexibility index (Phi) is 2.84. The number of carbonyl (C=O) groups is 2. The van der Waals surface area contributed by atoms with Gasteiger partial charge in [-0.1, -0.05) is 13.2 Å². The highest BCUT2D eigenvalue weighted by molar-refractivity contribution is 5.90. The van der Waals surface area contributed by atoms with E-state index in [0.29, 0.717) is 19.8 Å². The molecule has 0 radical (unpaired) electrons. The summed E-state index contributed by atoms with van der Waals surface area (Å²) in [6.45, 7) is 8.25. The van der Waals surface area contributed by atoms with Gasteiger partial charge in [0.15, 0.2) is 0 Å². The molecule has 1 aliphatic rings. The third kappa shape index (κ3) is 1.96. The summed E-state index contributed by atoms with van der Waals surface area (Å²) in [4.78, 5) is 25.4. The van der Waals surface area contributed by atoms with Crippen LogP contribution in [0.3, 0.4) is 0 Å². The Bertz CT molecular complexity index is 234. The molecule has 13 heavy (non-hydrogen) atoms. The van der Waals surface area contributed by atoms with Gasteiger partial charge in [0.25, 0.3) is 0 Å². The molecule has 0 aromatic rings. The maximum absolute atomic E-state index is 11.1. The molecular formula is C9H12N2O2. The molecule has 0 bridgehead atoms. The van der Waals surface area contributed by atoms with Crippen LogP contribution in [0.25, 0.3) is 0 Å². The third-order valence-electron chi connectivity index (χ3n) is 1.95. The van der Waals surface area contributed by atoms with Gasteiger partial charge in [0, 0.05) is 13.1 Å². The zero-order valence-electron chi connectivity index (χ0n) is 7.40. The average molecular weight is 180 g/mol. The van der Waals surface area contributed by atoms with Crippen molar-refractivity contribution >= 4 is 11.8 Å². The highest BCUT2D eigenvalue weighted by Crippen LogP contribution is 2.05. The lowest BCUT2D eigenvalue weighted by atomic mass is 10.5. The molecule has 1 saturated heterocycles. The van der Waals surface area contributed by atoms with Crippen LogP contribution in [0.1, 0.15) is 0 Å². The van der Waals surface area contributed by atoms with Gasteiger partial charge >= 0.3 is 0 Å². The highest BCUT2D eigenvalue weighted by Gasteiger charge is 2.24. The van der Waals surface area contributed by atoms with Crippen molar-refractivity contribution in [1.82, 2.24) is 9.80 Å². The van der Waals surface area contributed by atoms with Gasteiger partial charge in [0.05, 0.1) is 6.67 Å². The van der Waals surface area contributed by atoms with Gasteiger partial charge in [-0.25, -0.2) is 0 Å². The van der Waals surface area contributed by atoms with E-state index >= 15 is 0 Å². The molecule has 0 aliphatic carbocycles. The van der Waals surface area contributed by atoms with Gasteiger partial charge in [0.1, 0.15) is 0 Å². The Morgan fingerprint density at radius 3 is 1.69 bits per heavy atom. The Labute approximate surface area is 77.1 Å². The fourth-order valence-electron chi connectivity index (χ4n) is 1.21. The van der Waals surface area contributed by atoms with Crippen LogP contribution in [0, 0.1) is 0 Å². The first-order valence-electron chi connectivity index (χ1n) is 4.01. The van der Waals surface area contributed by atoms with E-state index in [9.17, 15) is 9.59 Å². The zero-order chi connectivity index (χ0) is 9.84. The van der Waals surface area contributed by atoms with Crippen molar-refractivity contribution in [3.63, 3.8) is 0 Å². The predicted octanol–water partition coefficient (Wildman–Crippen LogP) is -0.0133. The minimum Gasteiger partial charge on any atom is -0.320 e. The summed E-state index contributed by atoms with van der Waals surface area (Å²) in [6, 6.07) is 0. The fraction of sp³-hybridized carbons (Fsp3) is 0.333. The molecule has 0 atom stereocenters. The van der Waals surface area contributed by atoms with Crippen LogP contribution in [0.4, 0.5) is 0 Å². The van der Waals surface area contributed by atoms with Crippen LogP contribution in [0.15, 0.2) is 25.3 Å². The second kappa shape index (κ2) is 3.89. The third-order valence-corrected chi connectivity index (χ3v) is 1.95. The Morgan fingerprint density at radius 1 is 1.00 bits per heavy atom. The molecule has 0 unspecified atom stereocenters. The Hall–Kier alpha value is -1.58. The first kappa shape index (κ1) is 9.51. The van der Waals surface area contributed by atoms with Crippen molar-refractivity contribution < 1.29 is 9.59 Å². The van der Waals surface area contributed by atoms with Gasteiger partial charge < -0.3 is 9.80 Å². The molecule has 4 heteroatoms. The van der Waals surface area contributed by atoms with Gasteiger partial charge in [-0.3, -0.25) is 9.59 Å². The summed E-state index contributed by atoms with van der Waals surface area (Å²) in [5, 5.41) is 0. The van der Waals surface area contributed by atoms with E-state index in [-0.39, 0.29) is 11.8 Å². The van der Waals surface area contributed by atoms with Crippen molar-refractivity contribution in [2.45, 2.75) is 0 Å². The van der Waals surface area contributed by atoms with Crippen LogP contribution in [-0.4, -0.2) is 41.4 Å². The topological polar surface area (TPSA) is 40.6 Å². The molecule has 2 amide bonds. The highest BCUT2D eigenvalue weighted by atomic mass is 16.2. The first-order chi connectivity index (χ1) is 6.19. The van der Waals surface area contributed by atoms with Crippen molar-refractivity contribution in [2.24, 2.45) is 0 Å². The molecule has 1 fully saturated rings. The van der Waals surface area contributed by atoms with E-state index in [4.69, 9.17) is 0 Å². The molecular weight excluding hydrogens is 168 g/mol. The molecule has 1 heterocycles. The quantitative estimate of drug-likeness (QED) is 0.561. The van der Waals surface area contributed by atoms with E-state index in [1.165, 1.54) is 12.2 Å². The van der Waals surface area contributed by atoms with Crippen LogP contribution in [0.5, 0.6) is 0 Å². The second-order valence-corrected chi connectivity index (χ2v) is 2.75. The normalized spacial score (nSPS) is 15.7. The maximum Gasteiger partial charge on any atom is 0.247 e. The van der Waals surface area contributed by atoms with E-state index in [1.54, 1.807) is 9.80 Å². The summed E-state index contributed by atoms with van der Waals surface area (Å²) in [6.07, 6.45) is 2.50. The summed E-state index contributed by atoms with van der Waals surface area (Å²) in [5.41, 5.74) is 0. The Morgan fingerprint density at radius 2 is 1.38 bits per heavy atom. The van der Waals surface area contributed by atoms with E-state index in [0.717, 1.165) is 0 Å². The SMILES string of the molecule is C=CC(=O)N1CCN(C(=O)C=C)C1. The van der Waals surface area contributed by atoms with Gasteiger partial charge in [-0.2, -0.15) is 0 Å². The number of hydrogen-bond acceptors (Lipinski definition) is 2. The van der Waals surface area contributed by atoms with Crippen molar-refractivity contribution in [3.05, 3.63) is 25.3 Å². The first-order valence-corrected chi connectivity index (χ1v) is 4.01. The minimum atomic E-state index is -0.139. The number of nitrogens with zero attached hydrogens (tertiary/aromatic N) is 2. The molecule has 0 saturated carbocycles. The fourth-order valence-corrected chi connectivity index (χ4v) is 1.21. The van der Waals surface area contributed by atoms with Gasteiger partial charge in [-0.15, -0.1) is 0 Å². The number of rotatable bonds is 2. The van der Waals surface area contributed by atoms with Crippen LogP contribution in [-0.2, 0) is 9.59 Å². The van der Waals surface area contributed by atoms with Crippen LogP contribution >= 0.6 is 0 Å². The van der Waals surface area contributed by atoms with Gasteiger partial charge in [-0.05, 0) is 12.2 Å². The monoisotopic (exact) mass is 180 g/mol. The smallest absolute Gasteiger partial charge is 0.247 e. The summed E-state index contributed by atoms with van der Waals surface area (Å²) in [5.74, 6) is -0.279. The van der Waals surface area contributed by atoms with Crippen molar-refractivity contribution in [1.29, 1.82) is 0 Å². The molecule has 0 N–H and O–H groups in total. The molecule has 70 valence electrons.